The van der Waals surface area contributed by atoms with Gasteiger partial charge in [0, 0.05) is 30.6 Å². The average molecular weight is 427 g/mol. The zero-order chi connectivity index (χ0) is 21.1. The van der Waals surface area contributed by atoms with Crippen molar-refractivity contribution in [3.05, 3.63) is 47.9 Å². The first kappa shape index (κ1) is 21.0. The van der Waals surface area contributed by atoms with Crippen LogP contribution in [0.1, 0.15) is 44.0 Å². The second-order valence-corrected chi connectivity index (χ2v) is 8.39. The van der Waals surface area contributed by atoms with Crippen molar-refractivity contribution in [2.75, 3.05) is 19.4 Å². The molecule has 30 heavy (non-hydrogen) atoms. The highest BCUT2D eigenvalue weighted by Gasteiger charge is 2.34. The first-order chi connectivity index (χ1) is 14.6. The maximum absolute atomic E-state index is 13.0. The zero-order valence-electron chi connectivity index (χ0n) is 17.5. The van der Waals surface area contributed by atoms with Gasteiger partial charge in [0.25, 0.3) is 0 Å². The summed E-state index contributed by atoms with van der Waals surface area (Å²) in [6.45, 7) is 1.31. The molecule has 160 valence electrons. The van der Waals surface area contributed by atoms with Crippen molar-refractivity contribution in [3.63, 3.8) is 0 Å². The van der Waals surface area contributed by atoms with Crippen LogP contribution in [0.4, 0.5) is 0 Å². The van der Waals surface area contributed by atoms with E-state index in [1.165, 1.54) is 24.8 Å². The van der Waals surface area contributed by atoms with Crippen molar-refractivity contribution >= 4 is 18.5 Å². The molecule has 1 aromatic heterocycles. The molecule has 2 heterocycles. The van der Waals surface area contributed by atoms with E-state index in [1.807, 2.05) is 29.2 Å². The highest BCUT2D eigenvalue weighted by molar-refractivity contribution is 7.80. The predicted octanol–water partition coefficient (Wildman–Crippen LogP) is 3.59. The largest absolute Gasteiger partial charge is 0.496 e. The number of nitrogens with zero attached hydrogens (tertiary/aromatic N) is 3. The van der Waals surface area contributed by atoms with E-state index in [2.05, 4.69) is 29.5 Å². The lowest BCUT2D eigenvalue weighted by Gasteiger charge is -2.36. The summed E-state index contributed by atoms with van der Waals surface area (Å²) in [5.74, 6) is 1.95. The number of thiol groups is 1. The molecular formula is C23H30N4O2S. The van der Waals surface area contributed by atoms with Crippen molar-refractivity contribution in [2.45, 2.75) is 50.7 Å². The Morgan fingerprint density at radius 1 is 1.30 bits per heavy atom. The van der Waals surface area contributed by atoms with Gasteiger partial charge in [-0.3, -0.25) is 4.79 Å². The number of fused-ring (bicyclic) bond motifs is 1. The maximum Gasteiger partial charge on any atom is 0.241 e. The summed E-state index contributed by atoms with van der Waals surface area (Å²) in [6, 6.07) is 7.09. The molecule has 2 aliphatic rings. The number of nitrogens with two attached hydrogens (primary N) is 1. The number of imidazole rings is 1. The van der Waals surface area contributed by atoms with Crippen molar-refractivity contribution in [3.8, 4) is 17.0 Å². The van der Waals surface area contributed by atoms with E-state index in [-0.39, 0.29) is 11.9 Å². The smallest absolute Gasteiger partial charge is 0.241 e. The van der Waals surface area contributed by atoms with Crippen LogP contribution >= 0.6 is 12.6 Å². The molecule has 2 atom stereocenters. The molecule has 0 unspecified atom stereocenters. The number of methoxy groups -OCH3 is 1. The lowest BCUT2D eigenvalue weighted by Crippen LogP contribution is -2.49. The summed E-state index contributed by atoms with van der Waals surface area (Å²) in [7, 11) is 1.67. The minimum absolute atomic E-state index is 0.0595. The number of rotatable bonds is 5. The van der Waals surface area contributed by atoms with Crippen LogP contribution in [0.5, 0.6) is 5.75 Å². The first-order valence-corrected chi connectivity index (χ1v) is 11.3. The normalized spacial score (nSPS) is 19.9. The summed E-state index contributed by atoms with van der Waals surface area (Å²) in [6.07, 6.45) is 10.2. The van der Waals surface area contributed by atoms with Gasteiger partial charge in [-0.05, 0) is 37.8 Å². The van der Waals surface area contributed by atoms with Gasteiger partial charge in [-0.25, -0.2) is 4.98 Å². The number of hydrogen-bond donors (Lipinski definition) is 2. The van der Waals surface area contributed by atoms with Gasteiger partial charge >= 0.3 is 0 Å². The monoisotopic (exact) mass is 426 g/mol. The van der Waals surface area contributed by atoms with Gasteiger partial charge in [0.2, 0.25) is 5.91 Å². The Balaban J connectivity index is 1.75. The number of para-hydroxylation sites is 1. The summed E-state index contributed by atoms with van der Waals surface area (Å²) < 4.78 is 7.70. The van der Waals surface area contributed by atoms with Gasteiger partial charge in [-0.2, -0.15) is 12.6 Å². The van der Waals surface area contributed by atoms with E-state index in [0.717, 1.165) is 35.7 Å². The molecule has 1 amide bonds. The molecule has 7 heteroatoms. The van der Waals surface area contributed by atoms with Crippen LogP contribution in [-0.2, 0) is 11.3 Å². The second kappa shape index (κ2) is 9.27. The van der Waals surface area contributed by atoms with E-state index in [4.69, 9.17) is 15.5 Å². The van der Waals surface area contributed by atoms with Gasteiger partial charge in [0.15, 0.2) is 0 Å². The minimum Gasteiger partial charge on any atom is -0.496 e. The lowest BCUT2D eigenvalue weighted by molar-refractivity contribution is -0.134. The van der Waals surface area contributed by atoms with Crippen molar-refractivity contribution < 1.29 is 9.53 Å². The van der Waals surface area contributed by atoms with Crippen LogP contribution in [0.15, 0.2) is 42.1 Å². The standard InChI is InChI=1S/C23H30N4O2S/c1-29-21-10-6-5-9-17(21)19-14-26-11-12-27(23(28)18(24)15-30)20(22(26)25-19)13-16-7-3-2-4-8-16/h5-6,9-10,13-14,18,20,30H,2-4,7-8,11-12,15,24H2,1H3/t18-,20-/m0/s1. The molecule has 6 nitrogen and oxygen atoms in total. The van der Waals surface area contributed by atoms with E-state index >= 15 is 0 Å². The highest BCUT2D eigenvalue weighted by atomic mass is 32.1. The molecular weight excluding hydrogens is 396 g/mol. The Kier molecular flexibility index (Phi) is 6.49. The lowest BCUT2D eigenvalue weighted by atomic mass is 9.92. The number of hydrogen-bond acceptors (Lipinski definition) is 5. The molecule has 1 saturated carbocycles. The Morgan fingerprint density at radius 2 is 2.07 bits per heavy atom. The van der Waals surface area contributed by atoms with Gasteiger partial charge in [0.1, 0.15) is 17.6 Å². The van der Waals surface area contributed by atoms with E-state index in [9.17, 15) is 4.79 Å². The van der Waals surface area contributed by atoms with Crippen LogP contribution in [0.25, 0.3) is 11.3 Å². The summed E-state index contributed by atoms with van der Waals surface area (Å²) >= 11 is 4.24. The van der Waals surface area contributed by atoms with Crippen LogP contribution in [0.2, 0.25) is 0 Å². The third-order valence-corrected chi connectivity index (χ3v) is 6.45. The van der Waals surface area contributed by atoms with E-state index in [1.54, 1.807) is 7.11 Å². The zero-order valence-corrected chi connectivity index (χ0v) is 18.4. The fraction of sp³-hybridized carbons (Fsp3) is 0.478. The Labute approximate surface area is 183 Å². The molecule has 0 spiro atoms. The van der Waals surface area contributed by atoms with Crippen molar-refractivity contribution in [2.24, 2.45) is 5.73 Å². The van der Waals surface area contributed by atoms with Crippen LogP contribution in [0, 0.1) is 0 Å². The number of allylic oxidation sites excluding steroid dienone is 1. The minimum atomic E-state index is -0.601. The van der Waals surface area contributed by atoms with Crippen molar-refractivity contribution in [1.29, 1.82) is 0 Å². The summed E-state index contributed by atoms with van der Waals surface area (Å²) in [5.41, 5.74) is 9.30. The van der Waals surface area contributed by atoms with Gasteiger partial charge < -0.3 is 19.9 Å². The fourth-order valence-electron chi connectivity index (χ4n) is 4.42. The highest BCUT2D eigenvalue weighted by Crippen LogP contribution is 2.35. The van der Waals surface area contributed by atoms with E-state index < -0.39 is 6.04 Å². The van der Waals surface area contributed by atoms with E-state index in [0.29, 0.717) is 18.8 Å². The molecule has 0 bridgehead atoms. The molecule has 2 N–H and O–H groups in total. The average Bonchev–Trinajstić information content (AvgIpc) is 3.23. The number of ether oxygens (including phenoxy) is 1. The third kappa shape index (κ3) is 4.14. The third-order valence-electron chi connectivity index (χ3n) is 6.06. The molecule has 1 aliphatic heterocycles. The Morgan fingerprint density at radius 3 is 2.80 bits per heavy atom. The van der Waals surface area contributed by atoms with Crippen molar-refractivity contribution in [1.82, 2.24) is 14.5 Å². The van der Waals surface area contributed by atoms with Gasteiger partial charge in [-0.1, -0.05) is 30.2 Å². The van der Waals surface area contributed by atoms with Gasteiger partial charge in [-0.15, -0.1) is 0 Å². The molecule has 0 radical (unpaired) electrons. The first-order valence-electron chi connectivity index (χ1n) is 10.7. The number of carbonyl (C=O) groups excluding carboxylic acids is 1. The fourth-order valence-corrected chi connectivity index (χ4v) is 4.58. The number of benzene rings is 1. The topological polar surface area (TPSA) is 73.4 Å². The molecule has 4 rings (SSSR count). The molecule has 1 fully saturated rings. The quantitative estimate of drug-likeness (QED) is 0.566. The maximum atomic E-state index is 13.0. The predicted molar refractivity (Wildman–Crippen MR) is 122 cm³/mol. The molecule has 1 aromatic carbocycles. The SMILES string of the molecule is COc1ccccc1-c1cn2c(n1)[C@H](C=C1CCCCC1)N(C(=O)[C@@H](N)CS)CC2. The molecule has 2 aromatic rings. The van der Waals surface area contributed by atoms with Gasteiger partial charge in [0.05, 0.1) is 18.8 Å². The Hall–Kier alpha value is -2.25. The Bertz CT molecular complexity index is 931. The number of aromatic nitrogens is 2. The second-order valence-electron chi connectivity index (χ2n) is 8.03. The summed E-state index contributed by atoms with van der Waals surface area (Å²) in [4.78, 5) is 19.9. The number of amides is 1. The van der Waals surface area contributed by atoms with Crippen LogP contribution < -0.4 is 10.5 Å². The number of carbonyl (C=O) groups is 1. The molecule has 1 aliphatic carbocycles. The molecule has 0 saturated heterocycles. The summed E-state index contributed by atoms with van der Waals surface area (Å²) in [5, 5.41) is 0. The van der Waals surface area contributed by atoms with Crippen LogP contribution in [-0.4, -0.2) is 45.8 Å². The van der Waals surface area contributed by atoms with Crippen LogP contribution in [0.3, 0.4) is 0 Å².